The zero-order valence-corrected chi connectivity index (χ0v) is 9.15. The van der Waals surface area contributed by atoms with E-state index in [4.69, 9.17) is 5.11 Å². The van der Waals surface area contributed by atoms with Crippen LogP contribution in [0.3, 0.4) is 0 Å². The second kappa shape index (κ2) is 4.22. The first kappa shape index (κ1) is 12.0. The molecule has 0 radical (unpaired) electrons. The van der Waals surface area contributed by atoms with Gasteiger partial charge in [-0.2, -0.15) is 8.78 Å². The molecule has 84 valence electrons. The van der Waals surface area contributed by atoms with Crippen molar-refractivity contribution in [3.63, 3.8) is 0 Å². The molecule has 0 spiro atoms. The molecule has 3 nitrogen and oxygen atoms in total. The van der Waals surface area contributed by atoms with Crippen LogP contribution in [0.4, 0.5) is 8.78 Å². The first-order valence-electron chi connectivity index (χ1n) is 4.36. The van der Waals surface area contributed by atoms with Gasteiger partial charge in [-0.05, 0) is 0 Å². The van der Waals surface area contributed by atoms with Crippen LogP contribution in [0.1, 0.15) is 24.5 Å². The van der Waals surface area contributed by atoms with Gasteiger partial charge in [-0.25, -0.2) is 4.98 Å². The molecule has 0 bridgehead atoms. The highest BCUT2D eigenvalue weighted by Crippen LogP contribution is 2.28. The fraction of sp³-hybridized carbons (Fsp3) is 0.556. The van der Waals surface area contributed by atoms with Gasteiger partial charge in [0.05, 0.1) is 10.9 Å². The molecule has 0 saturated carbocycles. The maximum Gasteiger partial charge on any atom is 0.306 e. The van der Waals surface area contributed by atoms with Crippen molar-refractivity contribution >= 4 is 17.3 Å². The summed E-state index contributed by atoms with van der Waals surface area (Å²) in [5.41, 5.74) is -0.292. The van der Waals surface area contributed by atoms with Gasteiger partial charge in [0.15, 0.2) is 0 Å². The molecule has 1 rings (SSSR count). The molecular weight excluding hydrogens is 224 g/mol. The van der Waals surface area contributed by atoms with Crippen LogP contribution in [0.5, 0.6) is 0 Å². The Kier molecular flexibility index (Phi) is 3.38. The average Bonchev–Trinajstić information content (AvgIpc) is 2.51. The highest BCUT2D eigenvalue weighted by atomic mass is 32.1. The Morgan fingerprint density at radius 2 is 2.33 bits per heavy atom. The van der Waals surface area contributed by atoms with E-state index in [9.17, 15) is 13.6 Å². The SMILES string of the molecule is CC(Cc1nc(C(C)(F)F)cs1)C(=O)O. The number of hydrogen-bond acceptors (Lipinski definition) is 3. The molecule has 0 aliphatic heterocycles. The van der Waals surface area contributed by atoms with Crippen molar-refractivity contribution in [2.75, 3.05) is 0 Å². The van der Waals surface area contributed by atoms with Gasteiger partial charge in [0, 0.05) is 18.7 Å². The third-order valence-electron chi connectivity index (χ3n) is 1.90. The number of thiazole rings is 1. The van der Waals surface area contributed by atoms with Crippen molar-refractivity contribution < 1.29 is 18.7 Å². The van der Waals surface area contributed by atoms with Gasteiger partial charge >= 0.3 is 5.97 Å². The summed E-state index contributed by atoms with van der Waals surface area (Å²) in [4.78, 5) is 14.2. The zero-order valence-electron chi connectivity index (χ0n) is 8.33. The van der Waals surface area contributed by atoms with Gasteiger partial charge in [0.1, 0.15) is 5.69 Å². The number of nitrogens with zero attached hydrogens (tertiary/aromatic N) is 1. The Balaban J connectivity index is 2.73. The molecule has 0 amide bonds. The molecule has 6 heteroatoms. The van der Waals surface area contributed by atoms with Gasteiger partial charge < -0.3 is 5.11 Å². The normalized spacial score (nSPS) is 13.9. The van der Waals surface area contributed by atoms with Gasteiger partial charge in [-0.1, -0.05) is 6.92 Å². The molecule has 1 N–H and O–H groups in total. The maximum atomic E-state index is 12.8. The standard InChI is InChI=1S/C9H11F2NO2S/c1-5(8(13)14)3-7-12-6(4-15-7)9(2,10)11/h4-5H,3H2,1-2H3,(H,13,14). The van der Waals surface area contributed by atoms with Gasteiger partial charge in [0.25, 0.3) is 5.92 Å². The zero-order chi connectivity index (χ0) is 11.6. The Morgan fingerprint density at radius 1 is 1.73 bits per heavy atom. The fourth-order valence-corrected chi connectivity index (χ4v) is 1.96. The number of halogens is 2. The summed E-state index contributed by atoms with van der Waals surface area (Å²) in [6.45, 7) is 2.29. The lowest BCUT2D eigenvalue weighted by Gasteiger charge is -2.05. The Bertz CT molecular complexity index is 359. The van der Waals surface area contributed by atoms with E-state index >= 15 is 0 Å². The van der Waals surface area contributed by atoms with Crippen LogP contribution in [-0.4, -0.2) is 16.1 Å². The predicted octanol–water partition coefficient (Wildman–Crippen LogP) is 2.52. The van der Waals surface area contributed by atoms with Crippen LogP contribution in [-0.2, 0) is 17.1 Å². The van der Waals surface area contributed by atoms with Gasteiger partial charge in [-0.3, -0.25) is 4.79 Å². The molecule has 0 aliphatic carbocycles. The van der Waals surface area contributed by atoms with Crippen LogP contribution in [0.2, 0.25) is 0 Å². The Hall–Kier alpha value is -1.04. The summed E-state index contributed by atoms with van der Waals surface area (Å²) >= 11 is 1.07. The molecule has 0 saturated heterocycles. The van der Waals surface area contributed by atoms with Crippen molar-refractivity contribution in [1.82, 2.24) is 4.98 Å². The lowest BCUT2D eigenvalue weighted by atomic mass is 10.1. The second-order valence-electron chi connectivity index (χ2n) is 3.46. The van der Waals surface area contributed by atoms with E-state index in [1.54, 1.807) is 0 Å². The van der Waals surface area contributed by atoms with Crippen molar-refractivity contribution in [1.29, 1.82) is 0 Å². The second-order valence-corrected chi connectivity index (χ2v) is 4.40. The van der Waals surface area contributed by atoms with E-state index in [2.05, 4.69) is 4.98 Å². The van der Waals surface area contributed by atoms with Crippen molar-refractivity contribution in [3.8, 4) is 0 Å². The summed E-state index contributed by atoms with van der Waals surface area (Å²) in [5, 5.41) is 10.3. The van der Waals surface area contributed by atoms with E-state index in [1.807, 2.05) is 0 Å². The van der Waals surface area contributed by atoms with E-state index in [-0.39, 0.29) is 12.1 Å². The molecule has 0 fully saturated rings. The molecule has 15 heavy (non-hydrogen) atoms. The van der Waals surface area contributed by atoms with E-state index in [1.165, 1.54) is 12.3 Å². The van der Waals surface area contributed by atoms with E-state index in [0.29, 0.717) is 5.01 Å². The minimum Gasteiger partial charge on any atom is -0.481 e. The van der Waals surface area contributed by atoms with E-state index in [0.717, 1.165) is 18.3 Å². The minimum absolute atomic E-state index is 0.191. The van der Waals surface area contributed by atoms with Crippen LogP contribution < -0.4 is 0 Å². The lowest BCUT2D eigenvalue weighted by molar-refractivity contribution is -0.141. The molecule has 1 aromatic rings. The average molecular weight is 235 g/mol. The number of aromatic nitrogens is 1. The Morgan fingerprint density at radius 3 is 2.73 bits per heavy atom. The largest absolute Gasteiger partial charge is 0.481 e. The number of carbonyl (C=O) groups is 1. The van der Waals surface area contributed by atoms with Crippen molar-refractivity contribution in [2.45, 2.75) is 26.2 Å². The highest BCUT2D eigenvalue weighted by molar-refractivity contribution is 7.09. The van der Waals surface area contributed by atoms with Crippen LogP contribution in [0.25, 0.3) is 0 Å². The molecule has 1 heterocycles. The van der Waals surface area contributed by atoms with E-state index < -0.39 is 17.8 Å². The van der Waals surface area contributed by atoms with Crippen molar-refractivity contribution in [2.24, 2.45) is 5.92 Å². The molecule has 0 aromatic carbocycles. The molecule has 0 aliphatic rings. The quantitative estimate of drug-likeness (QED) is 0.872. The minimum atomic E-state index is -2.96. The predicted molar refractivity (Wildman–Crippen MR) is 52.2 cm³/mol. The fourth-order valence-electron chi connectivity index (χ4n) is 0.956. The smallest absolute Gasteiger partial charge is 0.306 e. The highest BCUT2D eigenvalue weighted by Gasteiger charge is 2.28. The summed E-state index contributed by atoms with van der Waals surface area (Å²) in [6, 6.07) is 0. The van der Waals surface area contributed by atoms with Crippen LogP contribution in [0.15, 0.2) is 5.38 Å². The maximum absolute atomic E-state index is 12.8. The number of carboxylic acid groups (broad SMARTS) is 1. The molecule has 1 unspecified atom stereocenters. The third kappa shape index (κ3) is 3.23. The number of aliphatic carboxylic acids is 1. The number of rotatable bonds is 4. The first-order valence-corrected chi connectivity index (χ1v) is 5.24. The lowest BCUT2D eigenvalue weighted by Crippen LogP contribution is -2.13. The van der Waals surface area contributed by atoms with Crippen molar-refractivity contribution in [3.05, 3.63) is 16.1 Å². The molecule has 1 atom stereocenters. The topological polar surface area (TPSA) is 50.2 Å². The summed E-state index contributed by atoms with van der Waals surface area (Å²) in [6.07, 6.45) is 0.191. The van der Waals surface area contributed by atoms with Gasteiger partial charge in [-0.15, -0.1) is 11.3 Å². The first-order chi connectivity index (χ1) is 6.80. The molecule has 1 aromatic heterocycles. The monoisotopic (exact) mass is 235 g/mol. The Labute approximate surface area is 89.8 Å². The molecular formula is C9H11F2NO2S. The number of carboxylic acids is 1. The number of hydrogen-bond donors (Lipinski definition) is 1. The third-order valence-corrected chi connectivity index (χ3v) is 2.78. The van der Waals surface area contributed by atoms with Gasteiger partial charge in [0.2, 0.25) is 0 Å². The van der Waals surface area contributed by atoms with Crippen LogP contribution in [0, 0.1) is 5.92 Å². The summed E-state index contributed by atoms with van der Waals surface area (Å²) in [5.74, 6) is -4.51. The van der Waals surface area contributed by atoms with Crippen LogP contribution >= 0.6 is 11.3 Å². The summed E-state index contributed by atoms with van der Waals surface area (Å²) in [7, 11) is 0. The number of alkyl halides is 2. The summed E-state index contributed by atoms with van der Waals surface area (Å²) < 4.78 is 25.6.